The van der Waals surface area contributed by atoms with Crippen LogP contribution in [0.5, 0.6) is 0 Å². The zero-order chi connectivity index (χ0) is 16.7. The maximum absolute atomic E-state index is 13.8. The third kappa shape index (κ3) is 2.76. The number of rotatable bonds is 3. The standard InChI is InChI=1S/C16H15F2N3OS/c1-9(2)14-15-19-7-11(8-21(15)20(3)16(14)22)23-13-5-4-10(17)6-12(13)18/h4-9H,1-3H3. The highest BCUT2D eigenvalue weighted by Gasteiger charge is 2.17. The van der Waals surface area contributed by atoms with Crippen molar-refractivity contribution in [2.24, 2.45) is 7.05 Å². The lowest BCUT2D eigenvalue weighted by atomic mass is 10.1. The molecule has 120 valence electrons. The van der Waals surface area contributed by atoms with Crippen molar-refractivity contribution < 1.29 is 8.78 Å². The van der Waals surface area contributed by atoms with Crippen molar-refractivity contribution >= 4 is 17.4 Å². The SMILES string of the molecule is CC(C)c1c(=O)n(C)n2cc(Sc3ccc(F)cc3F)cnc12. The maximum Gasteiger partial charge on any atom is 0.272 e. The largest absolute Gasteiger partial charge is 0.272 e. The van der Waals surface area contributed by atoms with Crippen LogP contribution in [-0.4, -0.2) is 14.2 Å². The van der Waals surface area contributed by atoms with Gasteiger partial charge in [-0.3, -0.25) is 4.79 Å². The summed E-state index contributed by atoms with van der Waals surface area (Å²) in [5.41, 5.74) is 1.15. The molecule has 4 nitrogen and oxygen atoms in total. The molecule has 0 amide bonds. The molecule has 0 atom stereocenters. The molecular formula is C16H15F2N3OS. The van der Waals surface area contributed by atoms with Gasteiger partial charge < -0.3 is 0 Å². The summed E-state index contributed by atoms with van der Waals surface area (Å²) in [6.45, 7) is 3.88. The Morgan fingerprint density at radius 1 is 1.26 bits per heavy atom. The van der Waals surface area contributed by atoms with Gasteiger partial charge in [0.1, 0.15) is 11.6 Å². The average molecular weight is 335 g/mol. The van der Waals surface area contributed by atoms with Crippen LogP contribution in [0, 0.1) is 11.6 Å². The second kappa shape index (κ2) is 5.81. The van der Waals surface area contributed by atoms with Crippen LogP contribution < -0.4 is 5.56 Å². The zero-order valence-electron chi connectivity index (χ0n) is 12.9. The minimum absolute atomic E-state index is 0.0549. The number of fused-ring (bicyclic) bond motifs is 1. The summed E-state index contributed by atoms with van der Waals surface area (Å²) in [5, 5.41) is 0. The van der Waals surface area contributed by atoms with E-state index in [0.717, 1.165) is 17.8 Å². The van der Waals surface area contributed by atoms with E-state index in [1.807, 2.05) is 13.8 Å². The Morgan fingerprint density at radius 3 is 2.65 bits per heavy atom. The first-order chi connectivity index (χ1) is 10.9. The molecule has 1 aromatic carbocycles. The van der Waals surface area contributed by atoms with E-state index >= 15 is 0 Å². The summed E-state index contributed by atoms with van der Waals surface area (Å²) < 4.78 is 29.9. The summed E-state index contributed by atoms with van der Waals surface area (Å²) in [7, 11) is 1.66. The van der Waals surface area contributed by atoms with Crippen LogP contribution in [0.25, 0.3) is 5.65 Å². The predicted molar refractivity (Wildman–Crippen MR) is 85.0 cm³/mol. The summed E-state index contributed by atoms with van der Waals surface area (Å²) in [4.78, 5) is 17.6. The number of aryl methyl sites for hydroxylation is 1. The highest BCUT2D eigenvalue weighted by atomic mass is 32.2. The van der Waals surface area contributed by atoms with Crippen LogP contribution in [0.3, 0.4) is 0 Å². The van der Waals surface area contributed by atoms with E-state index in [2.05, 4.69) is 4.98 Å². The second-order valence-electron chi connectivity index (χ2n) is 5.53. The van der Waals surface area contributed by atoms with Gasteiger partial charge in [0.15, 0.2) is 5.65 Å². The minimum atomic E-state index is -0.626. The molecule has 0 radical (unpaired) electrons. The fraction of sp³-hybridized carbons (Fsp3) is 0.250. The molecule has 0 aliphatic rings. The maximum atomic E-state index is 13.8. The fourth-order valence-corrected chi connectivity index (χ4v) is 3.24. The molecule has 2 heterocycles. The summed E-state index contributed by atoms with van der Waals surface area (Å²) >= 11 is 1.13. The zero-order valence-corrected chi connectivity index (χ0v) is 13.7. The lowest BCUT2D eigenvalue weighted by molar-refractivity contribution is 0.565. The van der Waals surface area contributed by atoms with E-state index in [-0.39, 0.29) is 11.5 Å². The van der Waals surface area contributed by atoms with Crippen molar-refractivity contribution in [3.05, 3.63) is 58.1 Å². The molecule has 7 heteroatoms. The van der Waals surface area contributed by atoms with Crippen LogP contribution in [0.1, 0.15) is 25.3 Å². The van der Waals surface area contributed by atoms with E-state index < -0.39 is 11.6 Å². The molecule has 23 heavy (non-hydrogen) atoms. The van der Waals surface area contributed by atoms with Crippen LogP contribution in [-0.2, 0) is 7.05 Å². The first-order valence-corrected chi connectivity index (χ1v) is 7.90. The van der Waals surface area contributed by atoms with Crippen LogP contribution >= 0.6 is 11.8 Å². The average Bonchev–Trinajstić information content (AvgIpc) is 2.74. The van der Waals surface area contributed by atoms with Crippen LogP contribution in [0.2, 0.25) is 0 Å². The van der Waals surface area contributed by atoms with E-state index in [9.17, 15) is 13.6 Å². The van der Waals surface area contributed by atoms with Gasteiger partial charge >= 0.3 is 0 Å². The van der Waals surface area contributed by atoms with Gasteiger partial charge in [-0.25, -0.2) is 23.0 Å². The molecular weight excluding hydrogens is 320 g/mol. The number of benzene rings is 1. The molecule has 0 fully saturated rings. The summed E-state index contributed by atoms with van der Waals surface area (Å²) in [5.74, 6) is -1.19. The van der Waals surface area contributed by atoms with Crippen molar-refractivity contribution in [3.8, 4) is 0 Å². The Morgan fingerprint density at radius 2 is 2.00 bits per heavy atom. The number of hydrogen-bond donors (Lipinski definition) is 0. The van der Waals surface area contributed by atoms with Crippen molar-refractivity contribution in [1.29, 1.82) is 0 Å². The van der Waals surface area contributed by atoms with Gasteiger partial charge in [0.2, 0.25) is 0 Å². The highest BCUT2D eigenvalue weighted by Crippen LogP contribution is 2.30. The van der Waals surface area contributed by atoms with Gasteiger partial charge in [-0.2, -0.15) is 0 Å². The number of halogens is 2. The first-order valence-electron chi connectivity index (χ1n) is 7.08. The van der Waals surface area contributed by atoms with Gasteiger partial charge in [0.25, 0.3) is 5.56 Å². The summed E-state index contributed by atoms with van der Waals surface area (Å²) in [6, 6.07) is 3.43. The molecule has 0 unspecified atom stereocenters. The Labute approximate surface area is 135 Å². The molecule has 3 rings (SSSR count). The predicted octanol–water partition coefficient (Wildman–Crippen LogP) is 3.59. The number of hydrogen-bond acceptors (Lipinski definition) is 3. The molecule has 0 saturated heterocycles. The smallest absolute Gasteiger partial charge is 0.267 e. The molecule has 0 aliphatic heterocycles. The van der Waals surface area contributed by atoms with Gasteiger partial charge in [-0.1, -0.05) is 25.6 Å². The lowest BCUT2D eigenvalue weighted by Crippen LogP contribution is -2.17. The highest BCUT2D eigenvalue weighted by molar-refractivity contribution is 7.99. The Kier molecular flexibility index (Phi) is 3.97. The van der Waals surface area contributed by atoms with E-state index in [0.29, 0.717) is 21.0 Å². The molecule has 0 bridgehead atoms. The van der Waals surface area contributed by atoms with E-state index in [4.69, 9.17) is 0 Å². The molecule has 3 aromatic rings. The Hall–Kier alpha value is -2.15. The fourth-order valence-electron chi connectivity index (χ4n) is 2.43. The van der Waals surface area contributed by atoms with Crippen molar-refractivity contribution in [1.82, 2.24) is 14.2 Å². The lowest BCUT2D eigenvalue weighted by Gasteiger charge is -2.06. The van der Waals surface area contributed by atoms with Crippen molar-refractivity contribution in [2.45, 2.75) is 29.6 Å². The normalized spacial score (nSPS) is 11.6. The van der Waals surface area contributed by atoms with Gasteiger partial charge in [-0.15, -0.1) is 0 Å². The molecule has 0 saturated carbocycles. The van der Waals surface area contributed by atoms with Gasteiger partial charge in [-0.05, 0) is 18.1 Å². The quantitative estimate of drug-likeness (QED) is 0.734. The van der Waals surface area contributed by atoms with Crippen LogP contribution in [0.4, 0.5) is 8.78 Å². The van der Waals surface area contributed by atoms with Crippen molar-refractivity contribution in [3.63, 3.8) is 0 Å². The Bertz CT molecular complexity index is 946. The number of nitrogens with zero attached hydrogens (tertiary/aromatic N) is 3. The van der Waals surface area contributed by atoms with Crippen molar-refractivity contribution in [2.75, 3.05) is 0 Å². The van der Waals surface area contributed by atoms with E-state index in [1.54, 1.807) is 24.0 Å². The van der Waals surface area contributed by atoms with Crippen LogP contribution in [0.15, 0.2) is 45.2 Å². The second-order valence-corrected chi connectivity index (χ2v) is 6.65. The Balaban J connectivity index is 2.07. The summed E-state index contributed by atoms with van der Waals surface area (Å²) in [6.07, 6.45) is 3.32. The first kappa shape index (κ1) is 15.7. The monoisotopic (exact) mass is 335 g/mol. The van der Waals surface area contributed by atoms with E-state index in [1.165, 1.54) is 16.8 Å². The third-order valence-electron chi connectivity index (χ3n) is 3.57. The minimum Gasteiger partial charge on any atom is -0.267 e. The topological polar surface area (TPSA) is 39.3 Å². The molecule has 2 aromatic heterocycles. The third-order valence-corrected chi connectivity index (χ3v) is 4.57. The number of aromatic nitrogens is 3. The van der Waals surface area contributed by atoms with Gasteiger partial charge in [0, 0.05) is 35.3 Å². The molecule has 0 aliphatic carbocycles. The molecule has 0 spiro atoms. The molecule has 0 N–H and O–H groups in total. The van der Waals surface area contributed by atoms with Gasteiger partial charge in [0.05, 0.1) is 5.56 Å².